The molecular weight excluding hydrogens is 352 g/mol. The average Bonchev–Trinajstić information content (AvgIpc) is 2.73. The normalized spacial score (nSPS) is 27.8. The number of amides is 2. The molecule has 1 heterocycles. The summed E-state index contributed by atoms with van der Waals surface area (Å²) in [6.07, 6.45) is 6.09. The van der Waals surface area contributed by atoms with Gasteiger partial charge in [0.05, 0.1) is 30.4 Å². The SMILES string of the molecule is CCNC(=O)N1CCC[C@H](N)[C@@H]1CO[C@H]1CC[C@@H](c2ccccc2C#N)CC1. The maximum Gasteiger partial charge on any atom is 0.317 e. The van der Waals surface area contributed by atoms with Crippen LogP contribution in [0.25, 0.3) is 0 Å². The van der Waals surface area contributed by atoms with Crippen LogP contribution >= 0.6 is 0 Å². The molecule has 0 bridgehead atoms. The first-order chi connectivity index (χ1) is 13.6. The maximum atomic E-state index is 12.3. The lowest BCUT2D eigenvalue weighted by Crippen LogP contribution is -2.58. The van der Waals surface area contributed by atoms with E-state index in [-0.39, 0.29) is 24.2 Å². The number of hydrogen-bond donors (Lipinski definition) is 2. The highest BCUT2D eigenvalue weighted by molar-refractivity contribution is 5.74. The first kappa shape index (κ1) is 20.6. The van der Waals surface area contributed by atoms with E-state index in [0.717, 1.165) is 50.6 Å². The molecule has 2 aliphatic rings. The van der Waals surface area contributed by atoms with Gasteiger partial charge in [0.2, 0.25) is 0 Å². The van der Waals surface area contributed by atoms with E-state index in [4.69, 9.17) is 10.5 Å². The van der Waals surface area contributed by atoms with Crippen LogP contribution in [0.1, 0.15) is 62.5 Å². The zero-order valence-electron chi connectivity index (χ0n) is 16.8. The summed E-state index contributed by atoms with van der Waals surface area (Å²) in [7, 11) is 0. The van der Waals surface area contributed by atoms with Crippen molar-refractivity contribution in [2.24, 2.45) is 5.73 Å². The fourth-order valence-electron chi connectivity index (χ4n) is 4.54. The van der Waals surface area contributed by atoms with Gasteiger partial charge in [0.25, 0.3) is 0 Å². The van der Waals surface area contributed by atoms with Gasteiger partial charge in [-0.3, -0.25) is 0 Å². The lowest BCUT2D eigenvalue weighted by atomic mass is 9.81. The molecule has 3 N–H and O–H groups in total. The second-order valence-corrected chi connectivity index (χ2v) is 7.91. The number of benzene rings is 1. The highest BCUT2D eigenvalue weighted by Crippen LogP contribution is 2.35. The van der Waals surface area contributed by atoms with Gasteiger partial charge in [0, 0.05) is 19.1 Å². The predicted octanol–water partition coefficient (Wildman–Crippen LogP) is 3.12. The second kappa shape index (κ2) is 9.90. The van der Waals surface area contributed by atoms with Crippen molar-refractivity contribution in [2.75, 3.05) is 19.7 Å². The minimum Gasteiger partial charge on any atom is -0.376 e. The van der Waals surface area contributed by atoms with E-state index >= 15 is 0 Å². The number of likely N-dealkylation sites (tertiary alicyclic amines) is 1. The Hall–Kier alpha value is -2.10. The quantitative estimate of drug-likeness (QED) is 0.816. The zero-order valence-corrected chi connectivity index (χ0v) is 16.8. The summed E-state index contributed by atoms with van der Waals surface area (Å²) in [4.78, 5) is 14.2. The Kier molecular flexibility index (Phi) is 7.30. The molecule has 152 valence electrons. The van der Waals surface area contributed by atoms with Crippen molar-refractivity contribution < 1.29 is 9.53 Å². The number of rotatable bonds is 5. The van der Waals surface area contributed by atoms with Gasteiger partial charge in [0.15, 0.2) is 0 Å². The Labute approximate surface area is 168 Å². The third kappa shape index (κ3) is 4.84. The van der Waals surface area contributed by atoms with Gasteiger partial charge in [-0.1, -0.05) is 18.2 Å². The van der Waals surface area contributed by atoms with Crippen LogP contribution in [0, 0.1) is 11.3 Å². The van der Waals surface area contributed by atoms with Gasteiger partial charge in [-0.2, -0.15) is 5.26 Å². The fraction of sp³-hybridized carbons (Fsp3) is 0.636. The summed E-state index contributed by atoms with van der Waals surface area (Å²) in [5.41, 5.74) is 8.27. The van der Waals surface area contributed by atoms with E-state index < -0.39 is 0 Å². The summed E-state index contributed by atoms with van der Waals surface area (Å²) in [6.45, 7) is 3.79. The van der Waals surface area contributed by atoms with Crippen LogP contribution in [-0.4, -0.2) is 48.8 Å². The molecule has 6 nitrogen and oxygen atoms in total. The molecule has 3 rings (SSSR count). The average molecular weight is 385 g/mol. The minimum absolute atomic E-state index is 0.0322. The van der Waals surface area contributed by atoms with Gasteiger partial charge in [-0.25, -0.2) is 4.79 Å². The summed E-state index contributed by atoms with van der Waals surface area (Å²) >= 11 is 0. The zero-order chi connectivity index (χ0) is 19.9. The minimum atomic E-state index is -0.0580. The molecule has 0 aromatic heterocycles. The van der Waals surface area contributed by atoms with E-state index in [0.29, 0.717) is 19.1 Å². The summed E-state index contributed by atoms with van der Waals surface area (Å²) in [5, 5.41) is 12.2. The van der Waals surface area contributed by atoms with E-state index in [9.17, 15) is 10.1 Å². The third-order valence-corrected chi connectivity index (χ3v) is 6.12. The van der Waals surface area contributed by atoms with E-state index in [1.165, 1.54) is 5.56 Å². The largest absolute Gasteiger partial charge is 0.376 e. The summed E-state index contributed by atoms with van der Waals surface area (Å²) in [6, 6.07) is 10.1. The van der Waals surface area contributed by atoms with Crippen LogP contribution in [0.3, 0.4) is 0 Å². The molecule has 1 aliphatic heterocycles. The molecule has 2 fully saturated rings. The molecule has 0 radical (unpaired) electrons. The number of hydrogen-bond acceptors (Lipinski definition) is 4. The number of nitrogens with zero attached hydrogens (tertiary/aromatic N) is 2. The lowest BCUT2D eigenvalue weighted by Gasteiger charge is -2.40. The molecule has 0 spiro atoms. The van der Waals surface area contributed by atoms with E-state index in [1.54, 1.807) is 0 Å². The molecular formula is C22H32N4O2. The lowest BCUT2D eigenvalue weighted by molar-refractivity contribution is -0.0158. The van der Waals surface area contributed by atoms with Crippen LogP contribution in [0.15, 0.2) is 24.3 Å². The number of urea groups is 1. The number of ether oxygens (including phenoxy) is 1. The summed E-state index contributed by atoms with van der Waals surface area (Å²) in [5.74, 6) is 0.430. The van der Waals surface area contributed by atoms with Gasteiger partial charge >= 0.3 is 6.03 Å². The molecule has 1 saturated heterocycles. The molecule has 1 aliphatic carbocycles. The van der Waals surface area contributed by atoms with Gasteiger partial charge in [0.1, 0.15) is 0 Å². The molecule has 1 aromatic carbocycles. The molecule has 0 unspecified atom stereocenters. The van der Waals surface area contributed by atoms with Crippen LogP contribution in [0.5, 0.6) is 0 Å². The predicted molar refractivity (Wildman–Crippen MR) is 109 cm³/mol. The topological polar surface area (TPSA) is 91.4 Å². The molecule has 1 saturated carbocycles. The number of piperidine rings is 1. The Balaban J connectivity index is 1.53. The monoisotopic (exact) mass is 384 g/mol. The first-order valence-electron chi connectivity index (χ1n) is 10.5. The van der Waals surface area contributed by atoms with Gasteiger partial charge < -0.3 is 20.7 Å². The van der Waals surface area contributed by atoms with Crippen LogP contribution in [0.4, 0.5) is 4.79 Å². The number of nitriles is 1. The molecule has 2 amide bonds. The highest BCUT2D eigenvalue weighted by Gasteiger charge is 2.33. The number of carbonyl (C=O) groups excluding carboxylic acids is 1. The standard InChI is InChI=1S/C22H32N4O2/c1-2-25-22(27)26-13-5-8-20(24)21(26)15-28-18-11-9-16(10-12-18)19-7-4-3-6-17(19)14-23/h3-4,6-7,16,18,20-21H,2,5,8-13,15,24H2,1H3,(H,25,27)/t16-,18+,20-,21-/m0/s1. The Morgan fingerprint density at radius 3 is 2.75 bits per heavy atom. The number of nitrogens with two attached hydrogens (primary N) is 1. The van der Waals surface area contributed by atoms with Crippen molar-refractivity contribution in [2.45, 2.75) is 69.6 Å². The van der Waals surface area contributed by atoms with Gasteiger partial charge in [-0.05, 0) is 63.0 Å². The van der Waals surface area contributed by atoms with Crippen LogP contribution in [0.2, 0.25) is 0 Å². The highest BCUT2D eigenvalue weighted by atomic mass is 16.5. The Morgan fingerprint density at radius 2 is 2.04 bits per heavy atom. The van der Waals surface area contributed by atoms with Crippen molar-refractivity contribution >= 4 is 6.03 Å². The number of carbonyl (C=O) groups is 1. The number of nitrogens with one attached hydrogen (secondary N) is 1. The van der Waals surface area contributed by atoms with Crippen molar-refractivity contribution in [1.29, 1.82) is 5.26 Å². The smallest absolute Gasteiger partial charge is 0.317 e. The molecule has 28 heavy (non-hydrogen) atoms. The molecule has 2 atom stereocenters. The van der Waals surface area contributed by atoms with Crippen LogP contribution < -0.4 is 11.1 Å². The Bertz CT molecular complexity index is 694. The van der Waals surface area contributed by atoms with E-state index in [1.807, 2.05) is 30.0 Å². The van der Waals surface area contributed by atoms with Gasteiger partial charge in [-0.15, -0.1) is 0 Å². The summed E-state index contributed by atoms with van der Waals surface area (Å²) < 4.78 is 6.23. The first-order valence-corrected chi connectivity index (χ1v) is 10.5. The van der Waals surface area contributed by atoms with Crippen molar-refractivity contribution in [1.82, 2.24) is 10.2 Å². The van der Waals surface area contributed by atoms with Crippen molar-refractivity contribution in [3.05, 3.63) is 35.4 Å². The van der Waals surface area contributed by atoms with Crippen molar-refractivity contribution in [3.8, 4) is 6.07 Å². The third-order valence-electron chi connectivity index (χ3n) is 6.12. The van der Waals surface area contributed by atoms with Crippen molar-refractivity contribution in [3.63, 3.8) is 0 Å². The fourth-order valence-corrected chi connectivity index (χ4v) is 4.54. The van der Waals surface area contributed by atoms with E-state index in [2.05, 4.69) is 17.5 Å². The molecule has 1 aromatic rings. The maximum absolute atomic E-state index is 12.3. The second-order valence-electron chi connectivity index (χ2n) is 7.91. The Morgan fingerprint density at radius 1 is 1.29 bits per heavy atom. The molecule has 6 heteroatoms. The van der Waals surface area contributed by atoms with Crippen LogP contribution in [-0.2, 0) is 4.74 Å².